The zero-order valence-corrected chi connectivity index (χ0v) is 13.5. The lowest BCUT2D eigenvalue weighted by molar-refractivity contribution is -0.152. The Morgan fingerprint density at radius 1 is 1.00 bits per heavy atom. The molecule has 24 heavy (non-hydrogen) atoms. The number of primary amides is 1. The summed E-state index contributed by atoms with van der Waals surface area (Å²) in [5.74, 6) is 0.348. The molecule has 4 N–H and O–H groups in total. The smallest absolute Gasteiger partial charge is 0.325 e. The number of rotatable bonds is 5. The molecular formula is C16H23N3O5. The molecule has 0 aromatic heterocycles. The van der Waals surface area contributed by atoms with Crippen LogP contribution in [-0.4, -0.2) is 37.0 Å². The van der Waals surface area contributed by atoms with Gasteiger partial charge in [-0.25, -0.2) is 4.79 Å². The van der Waals surface area contributed by atoms with Gasteiger partial charge in [0.15, 0.2) is 6.61 Å². The minimum atomic E-state index is -1.01. The Morgan fingerprint density at radius 3 is 2.04 bits per heavy atom. The third kappa shape index (κ3) is 3.52. The van der Waals surface area contributed by atoms with Crippen LogP contribution in [0.3, 0.4) is 0 Å². The Balaban J connectivity index is 1.45. The van der Waals surface area contributed by atoms with E-state index in [1.165, 1.54) is 19.3 Å². The van der Waals surface area contributed by atoms with Crippen molar-refractivity contribution in [1.82, 2.24) is 10.6 Å². The monoisotopic (exact) mass is 337 g/mol. The molecule has 0 aromatic rings. The van der Waals surface area contributed by atoms with E-state index in [9.17, 15) is 19.2 Å². The topological polar surface area (TPSA) is 128 Å². The van der Waals surface area contributed by atoms with Crippen LogP contribution in [0.2, 0.25) is 0 Å². The summed E-state index contributed by atoms with van der Waals surface area (Å²) in [6, 6.07) is -1.01. The first-order chi connectivity index (χ1) is 11.4. The van der Waals surface area contributed by atoms with Gasteiger partial charge in [-0.1, -0.05) is 0 Å². The summed E-state index contributed by atoms with van der Waals surface area (Å²) >= 11 is 0. The summed E-state index contributed by atoms with van der Waals surface area (Å²) in [6.07, 6.45) is 6.47. The third-order valence-electron chi connectivity index (χ3n) is 5.54. The molecule has 0 aromatic carbocycles. The SMILES string of the molecule is NC(=O)NC(=O)COC(=O)CNC(=O)C12CC3CC(CC(C3)C1)C2. The summed E-state index contributed by atoms with van der Waals surface area (Å²) in [6.45, 7) is -0.876. The first-order valence-corrected chi connectivity index (χ1v) is 8.39. The maximum absolute atomic E-state index is 12.6. The van der Waals surface area contributed by atoms with E-state index in [1.807, 2.05) is 0 Å². The second-order valence-corrected chi connectivity index (χ2v) is 7.45. The minimum absolute atomic E-state index is 0.0693. The zero-order chi connectivity index (χ0) is 17.3. The number of nitrogens with two attached hydrogens (primary N) is 1. The predicted molar refractivity (Wildman–Crippen MR) is 82.3 cm³/mol. The van der Waals surface area contributed by atoms with Crippen molar-refractivity contribution in [2.75, 3.05) is 13.2 Å². The Labute approximate surface area is 139 Å². The number of amides is 4. The van der Waals surface area contributed by atoms with Crippen molar-refractivity contribution in [2.45, 2.75) is 38.5 Å². The lowest BCUT2D eigenvalue weighted by Crippen LogP contribution is -2.54. The van der Waals surface area contributed by atoms with Crippen LogP contribution in [0.5, 0.6) is 0 Å². The molecule has 4 aliphatic rings. The van der Waals surface area contributed by atoms with E-state index < -0.39 is 24.5 Å². The second kappa shape index (κ2) is 6.41. The van der Waals surface area contributed by atoms with Crippen LogP contribution in [0.1, 0.15) is 38.5 Å². The van der Waals surface area contributed by atoms with Gasteiger partial charge in [0.05, 0.1) is 0 Å². The van der Waals surface area contributed by atoms with E-state index in [0.717, 1.165) is 19.3 Å². The molecule has 0 atom stereocenters. The highest BCUT2D eigenvalue weighted by molar-refractivity contribution is 5.95. The lowest BCUT2D eigenvalue weighted by Gasteiger charge is -2.55. The normalized spacial score (nSPS) is 32.9. The van der Waals surface area contributed by atoms with Gasteiger partial charge >= 0.3 is 12.0 Å². The van der Waals surface area contributed by atoms with Crippen molar-refractivity contribution in [2.24, 2.45) is 28.9 Å². The van der Waals surface area contributed by atoms with Crippen LogP contribution in [-0.2, 0) is 19.1 Å². The molecule has 0 saturated heterocycles. The molecule has 4 amide bonds. The average Bonchev–Trinajstić information content (AvgIpc) is 2.48. The fourth-order valence-electron chi connectivity index (χ4n) is 5.10. The fourth-order valence-corrected chi connectivity index (χ4v) is 5.10. The number of urea groups is 1. The molecule has 0 heterocycles. The number of hydrogen-bond acceptors (Lipinski definition) is 5. The molecule has 4 saturated carbocycles. The largest absolute Gasteiger partial charge is 0.454 e. The molecule has 0 unspecified atom stereocenters. The molecule has 4 aliphatic carbocycles. The standard InChI is InChI=1S/C16H23N3O5/c17-15(23)19-12(20)8-24-13(21)7-18-14(22)16-4-9-1-10(5-16)3-11(2-9)6-16/h9-11H,1-8H2,(H,18,22)(H3,17,19,20,23). The Kier molecular flexibility index (Phi) is 4.47. The van der Waals surface area contributed by atoms with Gasteiger partial charge in [-0.3, -0.25) is 19.7 Å². The predicted octanol–water partition coefficient (Wildman–Crippen LogP) is 0.0571. The molecule has 8 nitrogen and oxygen atoms in total. The second-order valence-electron chi connectivity index (χ2n) is 7.45. The van der Waals surface area contributed by atoms with Gasteiger partial charge in [0.1, 0.15) is 6.54 Å². The van der Waals surface area contributed by atoms with E-state index in [4.69, 9.17) is 10.5 Å². The number of imide groups is 1. The Morgan fingerprint density at radius 2 is 1.54 bits per heavy atom. The Bertz CT molecular complexity index is 539. The zero-order valence-electron chi connectivity index (χ0n) is 13.5. The molecular weight excluding hydrogens is 314 g/mol. The number of nitrogens with one attached hydrogen (secondary N) is 2. The number of esters is 1. The van der Waals surface area contributed by atoms with Crippen LogP contribution >= 0.6 is 0 Å². The van der Waals surface area contributed by atoms with Gasteiger partial charge in [0.25, 0.3) is 5.91 Å². The maximum atomic E-state index is 12.6. The molecule has 4 rings (SSSR count). The molecule has 0 spiro atoms. The van der Waals surface area contributed by atoms with Gasteiger partial charge in [0.2, 0.25) is 5.91 Å². The lowest BCUT2D eigenvalue weighted by atomic mass is 9.49. The summed E-state index contributed by atoms with van der Waals surface area (Å²) < 4.78 is 4.70. The number of carbonyl (C=O) groups excluding carboxylic acids is 4. The van der Waals surface area contributed by atoms with Gasteiger partial charge in [0, 0.05) is 5.41 Å². The van der Waals surface area contributed by atoms with Crippen LogP contribution in [0.4, 0.5) is 4.79 Å². The summed E-state index contributed by atoms with van der Waals surface area (Å²) in [7, 11) is 0. The van der Waals surface area contributed by atoms with Crippen molar-refractivity contribution in [3.8, 4) is 0 Å². The van der Waals surface area contributed by atoms with Crippen LogP contribution in [0.25, 0.3) is 0 Å². The third-order valence-corrected chi connectivity index (χ3v) is 5.54. The quantitative estimate of drug-likeness (QED) is 0.611. The highest BCUT2D eigenvalue weighted by Gasteiger charge is 2.54. The van der Waals surface area contributed by atoms with E-state index >= 15 is 0 Å². The number of hydrogen-bond donors (Lipinski definition) is 3. The van der Waals surface area contributed by atoms with Crippen molar-refractivity contribution in [3.05, 3.63) is 0 Å². The molecule has 4 fully saturated rings. The first kappa shape index (κ1) is 16.7. The van der Waals surface area contributed by atoms with Crippen LogP contribution in [0, 0.1) is 23.2 Å². The molecule has 8 heteroatoms. The minimum Gasteiger partial charge on any atom is -0.454 e. The average molecular weight is 337 g/mol. The molecule has 132 valence electrons. The van der Waals surface area contributed by atoms with Gasteiger partial charge in [-0.15, -0.1) is 0 Å². The van der Waals surface area contributed by atoms with Gasteiger partial charge in [-0.05, 0) is 56.3 Å². The number of ether oxygens (including phenoxy) is 1. The van der Waals surface area contributed by atoms with E-state index in [1.54, 1.807) is 5.32 Å². The van der Waals surface area contributed by atoms with Crippen molar-refractivity contribution >= 4 is 23.8 Å². The van der Waals surface area contributed by atoms with E-state index in [2.05, 4.69) is 5.32 Å². The van der Waals surface area contributed by atoms with Crippen molar-refractivity contribution in [3.63, 3.8) is 0 Å². The van der Waals surface area contributed by atoms with Crippen molar-refractivity contribution < 1.29 is 23.9 Å². The highest BCUT2D eigenvalue weighted by atomic mass is 16.5. The molecule has 4 bridgehead atoms. The summed E-state index contributed by atoms with van der Waals surface area (Å²) in [5, 5.41) is 4.45. The highest BCUT2D eigenvalue weighted by Crippen LogP contribution is 2.60. The molecule has 0 aliphatic heterocycles. The maximum Gasteiger partial charge on any atom is 0.325 e. The number of carbonyl (C=O) groups is 4. The van der Waals surface area contributed by atoms with Crippen LogP contribution in [0.15, 0.2) is 0 Å². The first-order valence-electron chi connectivity index (χ1n) is 8.39. The van der Waals surface area contributed by atoms with Crippen LogP contribution < -0.4 is 16.4 Å². The van der Waals surface area contributed by atoms with Gasteiger partial charge < -0.3 is 15.8 Å². The Hall–Kier alpha value is -2.12. The fraction of sp³-hybridized carbons (Fsp3) is 0.750. The van der Waals surface area contributed by atoms with E-state index in [0.29, 0.717) is 17.8 Å². The van der Waals surface area contributed by atoms with E-state index in [-0.39, 0.29) is 17.9 Å². The van der Waals surface area contributed by atoms with Crippen molar-refractivity contribution in [1.29, 1.82) is 0 Å². The van der Waals surface area contributed by atoms with Gasteiger partial charge in [-0.2, -0.15) is 0 Å². The summed E-state index contributed by atoms with van der Waals surface area (Å²) in [4.78, 5) is 45.9. The summed E-state index contributed by atoms with van der Waals surface area (Å²) in [5.41, 5.74) is 4.45. The molecule has 0 radical (unpaired) electrons.